The van der Waals surface area contributed by atoms with Gasteiger partial charge >= 0.3 is 0 Å². The molecule has 0 atom stereocenters. The van der Waals surface area contributed by atoms with Crippen molar-refractivity contribution in [3.8, 4) is 0 Å². The van der Waals surface area contributed by atoms with Gasteiger partial charge in [-0.3, -0.25) is 10.1 Å². The molecule has 7 heteroatoms. The second kappa shape index (κ2) is 8.16. The van der Waals surface area contributed by atoms with Gasteiger partial charge in [0, 0.05) is 25.2 Å². The number of rotatable bonds is 3. The van der Waals surface area contributed by atoms with Crippen LogP contribution in [0.1, 0.15) is 25.3 Å². The maximum Gasteiger partial charge on any atom is 0.269 e. The molecule has 1 aromatic carbocycles. The number of nitro groups is 1. The number of nitro benzene ring substituents is 1. The molecule has 0 aliphatic carbocycles. The molecule has 116 valence electrons. The number of hydrogen-bond donors (Lipinski definition) is 1. The van der Waals surface area contributed by atoms with Crippen LogP contribution in [0, 0.1) is 16.0 Å². The summed E-state index contributed by atoms with van der Waals surface area (Å²) in [5, 5.41) is 10.6. The van der Waals surface area contributed by atoms with E-state index in [0.717, 1.165) is 37.4 Å². The van der Waals surface area contributed by atoms with Crippen LogP contribution >= 0.6 is 24.0 Å². The topological polar surface area (TPSA) is 84.8 Å². The summed E-state index contributed by atoms with van der Waals surface area (Å²) in [7, 11) is 0. The van der Waals surface area contributed by atoms with Crippen molar-refractivity contribution < 1.29 is 4.92 Å². The van der Waals surface area contributed by atoms with Gasteiger partial charge in [0.15, 0.2) is 5.96 Å². The molecule has 1 aliphatic heterocycles. The first-order valence-corrected chi connectivity index (χ1v) is 6.84. The van der Waals surface area contributed by atoms with Crippen molar-refractivity contribution in [1.82, 2.24) is 4.90 Å². The van der Waals surface area contributed by atoms with Crippen LogP contribution in [0.15, 0.2) is 29.3 Å². The van der Waals surface area contributed by atoms with Crippen molar-refractivity contribution in [2.24, 2.45) is 16.6 Å². The van der Waals surface area contributed by atoms with E-state index in [1.54, 1.807) is 12.1 Å². The second-order valence-corrected chi connectivity index (χ2v) is 5.27. The number of benzene rings is 1. The number of likely N-dealkylation sites (tertiary alicyclic amines) is 1. The Morgan fingerprint density at radius 3 is 2.48 bits per heavy atom. The van der Waals surface area contributed by atoms with E-state index < -0.39 is 4.92 Å². The van der Waals surface area contributed by atoms with Gasteiger partial charge in [-0.1, -0.05) is 19.1 Å². The number of nitrogens with zero attached hydrogens (tertiary/aromatic N) is 3. The number of non-ortho nitro benzene ring substituents is 1. The van der Waals surface area contributed by atoms with Crippen molar-refractivity contribution in [2.75, 3.05) is 13.1 Å². The Labute approximate surface area is 141 Å². The third kappa shape index (κ3) is 5.14. The zero-order valence-corrected chi connectivity index (χ0v) is 14.4. The fraction of sp³-hybridized carbons (Fsp3) is 0.500. The van der Waals surface area contributed by atoms with Gasteiger partial charge in [0.2, 0.25) is 0 Å². The van der Waals surface area contributed by atoms with Gasteiger partial charge < -0.3 is 10.6 Å². The van der Waals surface area contributed by atoms with Crippen LogP contribution in [0.3, 0.4) is 0 Å². The minimum absolute atomic E-state index is 0. The molecule has 1 fully saturated rings. The van der Waals surface area contributed by atoms with E-state index in [1.165, 1.54) is 12.1 Å². The lowest BCUT2D eigenvalue weighted by molar-refractivity contribution is -0.384. The maximum atomic E-state index is 10.6. The van der Waals surface area contributed by atoms with E-state index in [4.69, 9.17) is 5.73 Å². The summed E-state index contributed by atoms with van der Waals surface area (Å²) in [5.41, 5.74) is 7.00. The number of nitrogens with two attached hydrogens (primary N) is 1. The number of halogens is 1. The van der Waals surface area contributed by atoms with Crippen molar-refractivity contribution in [1.29, 1.82) is 0 Å². The molecule has 0 bridgehead atoms. The largest absolute Gasteiger partial charge is 0.370 e. The zero-order chi connectivity index (χ0) is 14.5. The van der Waals surface area contributed by atoms with Crippen molar-refractivity contribution in [3.05, 3.63) is 39.9 Å². The van der Waals surface area contributed by atoms with Gasteiger partial charge in [-0.15, -0.1) is 24.0 Å². The highest BCUT2D eigenvalue weighted by molar-refractivity contribution is 14.0. The van der Waals surface area contributed by atoms with Gasteiger partial charge in [-0.2, -0.15) is 0 Å². The van der Waals surface area contributed by atoms with Crippen LogP contribution in [0.4, 0.5) is 5.69 Å². The predicted octanol–water partition coefficient (Wildman–Crippen LogP) is 2.76. The number of hydrogen-bond acceptors (Lipinski definition) is 3. The van der Waals surface area contributed by atoms with E-state index >= 15 is 0 Å². The first kappa shape index (κ1) is 17.7. The van der Waals surface area contributed by atoms with Crippen molar-refractivity contribution in [3.63, 3.8) is 0 Å². The highest BCUT2D eigenvalue weighted by Crippen LogP contribution is 2.16. The minimum atomic E-state index is -0.406. The summed E-state index contributed by atoms with van der Waals surface area (Å²) >= 11 is 0. The Morgan fingerprint density at radius 1 is 1.38 bits per heavy atom. The highest BCUT2D eigenvalue weighted by Gasteiger charge is 2.16. The fourth-order valence-corrected chi connectivity index (χ4v) is 2.23. The van der Waals surface area contributed by atoms with E-state index in [9.17, 15) is 10.1 Å². The van der Waals surface area contributed by atoms with Crippen LogP contribution in [0.5, 0.6) is 0 Å². The Morgan fingerprint density at radius 2 is 1.95 bits per heavy atom. The lowest BCUT2D eigenvalue weighted by Gasteiger charge is -2.31. The van der Waals surface area contributed by atoms with Crippen molar-refractivity contribution in [2.45, 2.75) is 26.3 Å². The quantitative estimate of drug-likeness (QED) is 0.276. The van der Waals surface area contributed by atoms with Gasteiger partial charge in [-0.25, -0.2) is 4.99 Å². The summed E-state index contributed by atoms with van der Waals surface area (Å²) in [5.74, 6) is 1.32. The smallest absolute Gasteiger partial charge is 0.269 e. The summed E-state index contributed by atoms with van der Waals surface area (Å²) in [6, 6.07) is 6.41. The van der Waals surface area contributed by atoms with E-state index in [-0.39, 0.29) is 29.7 Å². The molecule has 0 amide bonds. The molecule has 6 nitrogen and oxygen atoms in total. The molecule has 0 unspecified atom stereocenters. The normalized spacial score (nSPS) is 16.4. The lowest BCUT2D eigenvalue weighted by atomic mass is 10.00. The first-order valence-electron chi connectivity index (χ1n) is 6.84. The van der Waals surface area contributed by atoms with Crippen LogP contribution in [-0.4, -0.2) is 28.9 Å². The highest BCUT2D eigenvalue weighted by atomic mass is 127. The summed E-state index contributed by atoms with van der Waals surface area (Å²) in [4.78, 5) is 16.6. The van der Waals surface area contributed by atoms with E-state index in [1.807, 2.05) is 0 Å². The third-order valence-electron chi connectivity index (χ3n) is 3.68. The van der Waals surface area contributed by atoms with Crippen molar-refractivity contribution >= 4 is 35.6 Å². The molecule has 0 spiro atoms. The molecular formula is C14H21IN4O2. The van der Waals surface area contributed by atoms with Crippen LogP contribution in [0.25, 0.3) is 0 Å². The average molecular weight is 404 g/mol. The van der Waals surface area contributed by atoms with Crippen LogP contribution in [0.2, 0.25) is 0 Å². The minimum Gasteiger partial charge on any atom is -0.370 e. The first-order chi connectivity index (χ1) is 9.56. The molecule has 2 N–H and O–H groups in total. The lowest BCUT2D eigenvalue weighted by Crippen LogP contribution is -2.42. The average Bonchev–Trinajstić information content (AvgIpc) is 2.46. The summed E-state index contributed by atoms with van der Waals surface area (Å²) in [6.07, 6.45) is 2.29. The molecule has 1 aromatic rings. The molecule has 1 aliphatic rings. The molecule has 0 saturated carbocycles. The molecule has 1 heterocycles. The van der Waals surface area contributed by atoms with Crippen LogP contribution in [-0.2, 0) is 6.54 Å². The summed E-state index contributed by atoms with van der Waals surface area (Å²) < 4.78 is 0. The summed E-state index contributed by atoms with van der Waals surface area (Å²) in [6.45, 7) is 4.62. The molecule has 0 radical (unpaired) electrons. The number of aliphatic imine (C=N–C) groups is 1. The molecule has 1 saturated heterocycles. The van der Waals surface area contributed by atoms with Crippen LogP contribution < -0.4 is 5.73 Å². The molecule has 21 heavy (non-hydrogen) atoms. The Kier molecular flexibility index (Phi) is 6.86. The van der Waals surface area contributed by atoms with Gasteiger partial charge in [-0.05, 0) is 24.3 Å². The van der Waals surface area contributed by atoms with Gasteiger partial charge in [0.05, 0.1) is 11.5 Å². The molecule has 0 aromatic heterocycles. The number of guanidine groups is 1. The zero-order valence-electron chi connectivity index (χ0n) is 12.1. The van der Waals surface area contributed by atoms with Gasteiger partial charge in [0.25, 0.3) is 5.69 Å². The number of piperidine rings is 1. The second-order valence-electron chi connectivity index (χ2n) is 5.27. The monoisotopic (exact) mass is 404 g/mol. The Balaban J connectivity index is 0.00000220. The van der Waals surface area contributed by atoms with E-state index in [2.05, 4.69) is 16.8 Å². The maximum absolute atomic E-state index is 10.6. The Hall–Kier alpha value is -1.38. The van der Waals surface area contributed by atoms with Gasteiger partial charge in [0.1, 0.15) is 0 Å². The Bertz CT molecular complexity index is 496. The standard InChI is InChI=1S/C14H20N4O2.HI/c1-11-6-8-17(9-7-11)14(15)16-10-12-2-4-13(5-3-12)18(19)20;/h2-5,11H,6-10H2,1H3,(H2,15,16);1H. The third-order valence-corrected chi connectivity index (χ3v) is 3.68. The predicted molar refractivity (Wildman–Crippen MR) is 93.8 cm³/mol. The molecular weight excluding hydrogens is 383 g/mol. The SMILES string of the molecule is CC1CCN(C(N)=NCc2ccc([N+](=O)[O-])cc2)CC1.I. The fourth-order valence-electron chi connectivity index (χ4n) is 2.23. The van der Waals surface area contributed by atoms with E-state index in [0.29, 0.717) is 12.5 Å². The molecule has 2 rings (SSSR count).